The summed E-state index contributed by atoms with van der Waals surface area (Å²) in [5, 5.41) is 8.58. The molecule has 2 aromatic rings. The second-order valence-electron chi connectivity index (χ2n) is 7.84. The SMILES string of the molecule is CCCCCCCCCCCCCCc1ccc(N=Nc2ccccc2)cc1. The van der Waals surface area contributed by atoms with Gasteiger partial charge in [-0.3, -0.25) is 0 Å². The van der Waals surface area contributed by atoms with E-state index in [1.54, 1.807) is 0 Å². The summed E-state index contributed by atoms with van der Waals surface area (Å²) in [5.74, 6) is 0. The molecule has 0 unspecified atom stereocenters. The Morgan fingerprint density at radius 2 is 0.964 bits per heavy atom. The predicted octanol–water partition coefficient (Wildman–Crippen LogP) is 9.35. The summed E-state index contributed by atoms with van der Waals surface area (Å²) in [5.41, 5.74) is 3.22. The van der Waals surface area contributed by atoms with Gasteiger partial charge in [0.25, 0.3) is 0 Å². The standard InChI is InChI=1S/C26H38N2/c1-2-3-4-5-6-7-8-9-10-11-12-14-17-24-20-22-26(23-21-24)28-27-25-18-15-13-16-19-25/h13,15-16,18-23H,2-12,14,17H2,1H3. The molecule has 0 atom stereocenters. The number of aryl methyl sites for hydroxylation is 1. The predicted molar refractivity (Wildman–Crippen MR) is 122 cm³/mol. The molecule has 28 heavy (non-hydrogen) atoms. The smallest absolute Gasteiger partial charge is 0.0857 e. The van der Waals surface area contributed by atoms with Crippen LogP contribution in [0.15, 0.2) is 64.8 Å². The molecule has 0 aliphatic heterocycles. The Bertz CT molecular complexity index is 631. The van der Waals surface area contributed by atoms with E-state index < -0.39 is 0 Å². The van der Waals surface area contributed by atoms with Crippen molar-refractivity contribution < 1.29 is 0 Å². The Hall–Kier alpha value is -1.96. The Balaban J connectivity index is 1.49. The lowest BCUT2D eigenvalue weighted by molar-refractivity contribution is 0.544. The molecule has 0 N–H and O–H groups in total. The van der Waals surface area contributed by atoms with Crippen molar-refractivity contribution in [3.63, 3.8) is 0 Å². The molecule has 2 heteroatoms. The second kappa shape index (κ2) is 15.0. The van der Waals surface area contributed by atoms with Crippen LogP contribution in [0.3, 0.4) is 0 Å². The van der Waals surface area contributed by atoms with E-state index in [0.717, 1.165) is 11.4 Å². The molecule has 0 aliphatic carbocycles. The van der Waals surface area contributed by atoms with E-state index in [0.29, 0.717) is 0 Å². The summed E-state index contributed by atoms with van der Waals surface area (Å²) in [7, 11) is 0. The van der Waals surface area contributed by atoms with Crippen LogP contribution in [-0.2, 0) is 6.42 Å². The van der Waals surface area contributed by atoms with Crippen LogP contribution in [0.4, 0.5) is 11.4 Å². The van der Waals surface area contributed by atoms with Crippen molar-refractivity contribution in [2.45, 2.75) is 90.4 Å². The molecule has 2 rings (SSSR count). The van der Waals surface area contributed by atoms with Crippen molar-refractivity contribution in [1.29, 1.82) is 0 Å². The summed E-state index contributed by atoms with van der Waals surface area (Å²) in [6.07, 6.45) is 18.0. The van der Waals surface area contributed by atoms with Crippen LogP contribution in [0.1, 0.15) is 89.5 Å². The first-order chi connectivity index (χ1) is 13.9. The first-order valence-electron chi connectivity index (χ1n) is 11.4. The topological polar surface area (TPSA) is 24.7 Å². The molecule has 152 valence electrons. The first kappa shape index (κ1) is 22.3. The van der Waals surface area contributed by atoms with Crippen LogP contribution < -0.4 is 0 Å². The van der Waals surface area contributed by atoms with Crippen LogP contribution in [0.2, 0.25) is 0 Å². The maximum atomic E-state index is 4.31. The van der Waals surface area contributed by atoms with Crippen molar-refractivity contribution in [3.8, 4) is 0 Å². The highest BCUT2D eigenvalue weighted by molar-refractivity contribution is 5.40. The van der Waals surface area contributed by atoms with Crippen molar-refractivity contribution in [1.82, 2.24) is 0 Å². The van der Waals surface area contributed by atoms with E-state index in [-0.39, 0.29) is 0 Å². The normalized spacial score (nSPS) is 11.3. The van der Waals surface area contributed by atoms with Gasteiger partial charge in [-0.05, 0) is 42.7 Å². The van der Waals surface area contributed by atoms with Gasteiger partial charge in [0.1, 0.15) is 0 Å². The maximum absolute atomic E-state index is 4.31. The Morgan fingerprint density at radius 3 is 1.50 bits per heavy atom. The fraction of sp³-hybridized carbons (Fsp3) is 0.538. The molecule has 0 bridgehead atoms. The van der Waals surface area contributed by atoms with E-state index in [2.05, 4.69) is 41.4 Å². The quantitative estimate of drug-likeness (QED) is 0.218. The van der Waals surface area contributed by atoms with Crippen LogP contribution in [0, 0.1) is 0 Å². The van der Waals surface area contributed by atoms with Crippen molar-refractivity contribution >= 4 is 11.4 Å². The molecule has 0 spiro atoms. The second-order valence-corrected chi connectivity index (χ2v) is 7.84. The molecule has 2 aromatic carbocycles. The molecule has 0 amide bonds. The lowest BCUT2D eigenvalue weighted by Crippen LogP contribution is -1.86. The molecular weight excluding hydrogens is 340 g/mol. The van der Waals surface area contributed by atoms with Crippen LogP contribution in [0.25, 0.3) is 0 Å². The largest absolute Gasteiger partial charge is 0.151 e. The molecule has 0 fully saturated rings. The Labute approximate surface area is 172 Å². The molecule has 0 saturated carbocycles. The van der Waals surface area contributed by atoms with Gasteiger partial charge in [0.2, 0.25) is 0 Å². The van der Waals surface area contributed by atoms with Crippen molar-refractivity contribution in [2.24, 2.45) is 10.2 Å². The highest BCUT2D eigenvalue weighted by Gasteiger charge is 1.97. The van der Waals surface area contributed by atoms with Crippen LogP contribution >= 0.6 is 0 Å². The summed E-state index contributed by atoms with van der Waals surface area (Å²) in [6.45, 7) is 2.29. The third-order valence-electron chi connectivity index (χ3n) is 5.29. The molecular formula is C26H38N2. The first-order valence-corrected chi connectivity index (χ1v) is 11.4. The van der Waals surface area contributed by atoms with Gasteiger partial charge >= 0.3 is 0 Å². The van der Waals surface area contributed by atoms with Gasteiger partial charge < -0.3 is 0 Å². The van der Waals surface area contributed by atoms with Gasteiger partial charge in [0.05, 0.1) is 11.4 Å². The molecule has 0 radical (unpaired) electrons. The lowest BCUT2D eigenvalue weighted by atomic mass is 10.0. The van der Waals surface area contributed by atoms with E-state index in [1.807, 2.05) is 30.3 Å². The van der Waals surface area contributed by atoms with Crippen molar-refractivity contribution in [3.05, 3.63) is 60.2 Å². The van der Waals surface area contributed by atoms with Gasteiger partial charge in [-0.15, -0.1) is 0 Å². The monoisotopic (exact) mass is 378 g/mol. The maximum Gasteiger partial charge on any atom is 0.0857 e. The number of benzene rings is 2. The number of azo groups is 1. The molecule has 2 nitrogen and oxygen atoms in total. The highest BCUT2D eigenvalue weighted by atomic mass is 15.1. The minimum atomic E-state index is 0.892. The van der Waals surface area contributed by atoms with Gasteiger partial charge in [0, 0.05) is 0 Å². The third-order valence-corrected chi connectivity index (χ3v) is 5.29. The van der Waals surface area contributed by atoms with E-state index >= 15 is 0 Å². The van der Waals surface area contributed by atoms with Crippen LogP contribution in [-0.4, -0.2) is 0 Å². The van der Waals surface area contributed by atoms with E-state index in [9.17, 15) is 0 Å². The summed E-state index contributed by atoms with van der Waals surface area (Å²) >= 11 is 0. The summed E-state index contributed by atoms with van der Waals surface area (Å²) in [6, 6.07) is 18.4. The molecule has 0 aliphatic rings. The average molecular weight is 379 g/mol. The third kappa shape index (κ3) is 10.4. The number of hydrogen-bond donors (Lipinski definition) is 0. The number of hydrogen-bond acceptors (Lipinski definition) is 2. The van der Waals surface area contributed by atoms with Gasteiger partial charge in [-0.2, -0.15) is 10.2 Å². The van der Waals surface area contributed by atoms with Crippen molar-refractivity contribution in [2.75, 3.05) is 0 Å². The zero-order valence-electron chi connectivity index (χ0n) is 17.8. The Morgan fingerprint density at radius 1 is 0.500 bits per heavy atom. The fourth-order valence-electron chi connectivity index (χ4n) is 3.51. The number of unbranched alkanes of at least 4 members (excludes halogenated alkanes) is 11. The summed E-state index contributed by atoms with van der Waals surface area (Å²) in [4.78, 5) is 0. The van der Waals surface area contributed by atoms with Crippen LogP contribution in [0.5, 0.6) is 0 Å². The molecule has 0 saturated heterocycles. The van der Waals surface area contributed by atoms with Gasteiger partial charge in [-0.1, -0.05) is 108 Å². The minimum absolute atomic E-state index is 0.892. The molecule has 0 aromatic heterocycles. The Kier molecular flexibility index (Phi) is 12.0. The van der Waals surface area contributed by atoms with Gasteiger partial charge in [-0.25, -0.2) is 0 Å². The highest BCUT2D eigenvalue weighted by Crippen LogP contribution is 2.19. The minimum Gasteiger partial charge on any atom is -0.151 e. The summed E-state index contributed by atoms with van der Waals surface area (Å²) < 4.78 is 0. The lowest BCUT2D eigenvalue weighted by Gasteiger charge is -2.04. The zero-order chi connectivity index (χ0) is 19.7. The number of nitrogens with zero attached hydrogens (tertiary/aromatic N) is 2. The van der Waals surface area contributed by atoms with E-state index in [1.165, 1.54) is 89.0 Å². The van der Waals surface area contributed by atoms with E-state index in [4.69, 9.17) is 0 Å². The molecule has 0 heterocycles. The average Bonchev–Trinajstić information content (AvgIpc) is 2.74. The fourth-order valence-corrected chi connectivity index (χ4v) is 3.51. The number of rotatable bonds is 15. The zero-order valence-corrected chi connectivity index (χ0v) is 17.8. The van der Waals surface area contributed by atoms with Gasteiger partial charge in [0.15, 0.2) is 0 Å².